The minimum Gasteiger partial charge on any atom is -0.338 e. The lowest BCUT2D eigenvalue weighted by molar-refractivity contribution is -0.128. The SMILES string of the molecule is Cc1ccc(-n2ccnc2N2CCN(C(=O)CCl)CC2)cc1. The fraction of sp³-hybridized carbons (Fsp3) is 0.375. The molecule has 5 nitrogen and oxygen atoms in total. The minimum atomic E-state index is 0.00296. The highest BCUT2D eigenvalue weighted by atomic mass is 35.5. The smallest absolute Gasteiger partial charge is 0.237 e. The van der Waals surface area contributed by atoms with Crippen molar-refractivity contribution < 1.29 is 4.79 Å². The van der Waals surface area contributed by atoms with E-state index in [-0.39, 0.29) is 11.8 Å². The summed E-state index contributed by atoms with van der Waals surface area (Å²) in [6.07, 6.45) is 3.78. The van der Waals surface area contributed by atoms with Crippen molar-refractivity contribution in [2.24, 2.45) is 0 Å². The predicted octanol–water partition coefficient (Wildman–Crippen LogP) is 2.07. The minimum absolute atomic E-state index is 0.00296. The quantitative estimate of drug-likeness (QED) is 0.814. The number of carbonyl (C=O) groups excluding carboxylic acids is 1. The van der Waals surface area contributed by atoms with Crippen LogP contribution in [0.5, 0.6) is 0 Å². The fourth-order valence-corrected chi connectivity index (χ4v) is 2.85. The number of rotatable bonds is 3. The summed E-state index contributed by atoms with van der Waals surface area (Å²) in [4.78, 5) is 20.1. The number of anilines is 1. The van der Waals surface area contributed by atoms with E-state index in [1.165, 1.54) is 5.56 Å². The molecule has 0 aliphatic carbocycles. The van der Waals surface area contributed by atoms with Gasteiger partial charge in [0.05, 0.1) is 0 Å². The molecule has 2 aromatic rings. The highest BCUT2D eigenvalue weighted by Crippen LogP contribution is 2.20. The van der Waals surface area contributed by atoms with E-state index in [4.69, 9.17) is 11.6 Å². The Morgan fingerprint density at radius 2 is 1.86 bits per heavy atom. The highest BCUT2D eigenvalue weighted by Gasteiger charge is 2.23. The molecule has 0 atom stereocenters. The summed E-state index contributed by atoms with van der Waals surface area (Å²) in [7, 11) is 0. The van der Waals surface area contributed by atoms with Gasteiger partial charge in [0.25, 0.3) is 0 Å². The Hall–Kier alpha value is -2.01. The van der Waals surface area contributed by atoms with Crippen molar-refractivity contribution in [2.75, 3.05) is 37.0 Å². The van der Waals surface area contributed by atoms with Crippen molar-refractivity contribution in [1.29, 1.82) is 0 Å². The number of aromatic nitrogens is 2. The lowest BCUT2D eigenvalue weighted by Crippen LogP contribution is -2.49. The largest absolute Gasteiger partial charge is 0.338 e. The average Bonchev–Trinajstić information content (AvgIpc) is 3.04. The molecule has 0 N–H and O–H groups in total. The lowest BCUT2D eigenvalue weighted by atomic mass is 10.2. The van der Waals surface area contributed by atoms with Crippen molar-refractivity contribution in [3.8, 4) is 5.69 Å². The highest BCUT2D eigenvalue weighted by molar-refractivity contribution is 6.27. The summed E-state index contributed by atoms with van der Waals surface area (Å²) in [5.41, 5.74) is 2.33. The summed E-state index contributed by atoms with van der Waals surface area (Å²) in [5.74, 6) is 0.975. The van der Waals surface area contributed by atoms with Gasteiger partial charge in [0.1, 0.15) is 5.88 Å². The first-order chi connectivity index (χ1) is 10.7. The molecule has 116 valence electrons. The number of amides is 1. The Labute approximate surface area is 135 Å². The topological polar surface area (TPSA) is 41.4 Å². The Balaban J connectivity index is 1.76. The third-order valence-corrected chi connectivity index (χ3v) is 4.19. The van der Waals surface area contributed by atoms with Gasteiger partial charge in [0.15, 0.2) is 0 Å². The number of aryl methyl sites for hydroxylation is 1. The summed E-state index contributed by atoms with van der Waals surface area (Å²) < 4.78 is 2.08. The number of piperazine rings is 1. The second-order valence-electron chi connectivity index (χ2n) is 5.43. The summed E-state index contributed by atoms with van der Waals surface area (Å²) >= 11 is 5.62. The van der Waals surface area contributed by atoms with Gasteiger partial charge >= 0.3 is 0 Å². The van der Waals surface area contributed by atoms with Crippen LogP contribution in [0.15, 0.2) is 36.7 Å². The molecule has 1 aliphatic heterocycles. The summed E-state index contributed by atoms with van der Waals surface area (Å²) in [6.45, 7) is 4.99. The van der Waals surface area contributed by atoms with E-state index in [2.05, 4.69) is 45.6 Å². The molecule has 6 heteroatoms. The van der Waals surface area contributed by atoms with E-state index < -0.39 is 0 Å². The van der Waals surface area contributed by atoms with Crippen molar-refractivity contribution >= 4 is 23.5 Å². The van der Waals surface area contributed by atoms with E-state index in [0.717, 1.165) is 24.7 Å². The third kappa shape index (κ3) is 2.95. The first kappa shape index (κ1) is 14.9. The standard InChI is InChI=1S/C16H19ClN4O/c1-13-2-4-14(5-3-13)21-7-6-18-16(21)20-10-8-19(9-11-20)15(22)12-17/h2-7H,8-12H2,1H3. The molecule has 1 saturated heterocycles. The van der Waals surface area contributed by atoms with Crippen molar-refractivity contribution in [3.63, 3.8) is 0 Å². The van der Waals surface area contributed by atoms with E-state index >= 15 is 0 Å². The van der Waals surface area contributed by atoms with Gasteiger partial charge < -0.3 is 9.80 Å². The van der Waals surface area contributed by atoms with Crippen LogP contribution in [0.1, 0.15) is 5.56 Å². The molecule has 3 rings (SSSR count). The van der Waals surface area contributed by atoms with Crippen LogP contribution in [0, 0.1) is 6.92 Å². The van der Waals surface area contributed by atoms with Crippen LogP contribution in [-0.2, 0) is 4.79 Å². The van der Waals surface area contributed by atoms with Gasteiger partial charge in [-0.3, -0.25) is 9.36 Å². The first-order valence-corrected chi connectivity index (χ1v) is 7.91. The number of carbonyl (C=O) groups is 1. The molecule has 0 unspecified atom stereocenters. The number of benzene rings is 1. The van der Waals surface area contributed by atoms with E-state index in [1.54, 1.807) is 0 Å². The Bertz CT molecular complexity index is 644. The van der Waals surface area contributed by atoms with E-state index in [0.29, 0.717) is 13.1 Å². The van der Waals surface area contributed by atoms with Gasteiger partial charge in [-0.15, -0.1) is 11.6 Å². The maximum absolute atomic E-state index is 11.6. The second kappa shape index (κ2) is 6.40. The Morgan fingerprint density at radius 1 is 1.18 bits per heavy atom. The zero-order valence-corrected chi connectivity index (χ0v) is 13.3. The zero-order valence-electron chi connectivity index (χ0n) is 12.6. The van der Waals surface area contributed by atoms with Gasteiger partial charge in [0.2, 0.25) is 11.9 Å². The number of hydrogen-bond acceptors (Lipinski definition) is 3. The lowest BCUT2D eigenvalue weighted by Gasteiger charge is -2.35. The van der Waals surface area contributed by atoms with Crippen LogP contribution in [0.4, 0.5) is 5.95 Å². The van der Waals surface area contributed by atoms with Crippen LogP contribution >= 0.6 is 11.6 Å². The van der Waals surface area contributed by atoms with Crippen LogP contribution in [0.3, 0.4) is 0 Å². The summed E-state index contributed by atoms with van der Waals surface area (Å²) in [5, 5.41) is 0. The van der Waals surface area contributed by atoms with Crippen LogP contribution in [0.25, 0.3) is 5.69 Å². The molecule has 0 radical (unpaired) electrons. The molecule has 1 aliphatic rings. The molecule has 0 saturated carbocycles. The maximum atomic E-state index is 11.6. The van der Waals surface area contributed by atoms with Crippen LogP contribution in [0.2, 0.25) is 0 Å². The number of hydrogen-bond donors (Lipinski definition) is 0. The molecule has 1 aromatic heterocycles. The van der Waals surface area contributed by atoms with Crippen molar-refractivity contribution in [3.05, 3.63) is 42.2 Å². The van der Waals surface area contributed by atoms with Crippen LogP contribution < -0.4 is 4.90 Å². The molecule has 1 amide bonds. The van der Waals surface area contributed by atoms with Gasteiger partial charge in [0, 0.05) is 44.3 Å². The normalized spacial score (nSPS) is 15.2. The maximum Gasteiger partial charge on any atom is 0.237 e. The zero-order chi connectivity index (χ0) is 15.5. The second-order valence-corrected chi connectivity index (χ2v) is 5.70. The van der Waals surface area contributed by atoms with Crippen molar-refractivity contribution in [2.45, 2.75) is 6.92 Å². The summed E-state index contributed by atoms with van der Waals surface area (Å²) in [6, 6.07) is 8.37. The van der Waals surface area contributed by atoms with E-state index in [1.807, 2.05) is 17.3 Å². The van der Waals surface area contributed by atoms with E-state index in [9.17, 15) is 4.79 Å². The molecule has 22 heavy (non-hydrogen) atoms. The predicted molar refractivity (Wildman–Crippen MR) is 87.8 cm³/mol. The number of alkyl halides is 1. The first-order valence-electron chi connectivity index (χ1n) is 7.38. The Kier molecular flexibility index (Phi) is 4.34. The van der Waals surface area contributed by atoms with Crippen LogP contribution in [-0.4, -0.2) is 52.4 Å². The number of nitrogens with zero attached hydrogens (tertiary/aromatic N) is 4. The van der Waals surface area contributed by atoms with Gasteiger partial charge in [-0.2, -0.15) is 0 Å². The molecule has 1 aromatic carbocycles. The monoisotopic (exact) mass is 318 g/mol. The molecule has 0 spiro atoms. The average molecular weight is 319 g/mol. The molecular weight excluding hydrogens is 300 g/mol. The molecule has 2 heterocycles. The molecule has 1 fully saturated rings. The number of halogens is 1. The number of imidazole rings is 1. The van der Waals surface area contributed by atoms with Gasteiger partial charge in [-0.05, 0) is 19.1 Å². The third-order valence-electron chi connectivity index (χ3n) is 3.96. The van der Waals surface area contributed by atoms with Gasteiger partial charge in [-0.25, -0.2) is 4.98 Å². The Morgan fingerprint density at radius 3 is 2.50 bits per heavy atom. The molecular formula is C16H19ClN4O. The molecule has 0 bridgehead atoms. The van der Waals surface area contributed by atoms with Crippen molar-refractivity contribution in [1.82, 2.24) is 14.5 Å². The fourth-order valence-electron chi connectivity index (χ4n) is 2.68. The van der Waals surface area contributed by atoms with Gasteiger partial charge in [-0.1, -0.05) is 17.7 Å².